The van der Waals surface area contributed by atoms with Crippen LogP contribution >= 0.6 is 47.0 Å². The number of carbonyl (C=O) groups is 1. The van der Waals surface area contributed by atoms with Gasteiger partial charge in [0.1, 0.15) is 5.75 Å². The van der Waals surface area contributed by atoms with Gasteiger partial charge in [-0.25, -0.2) is 4.79 Å². The number of fused-ring (bicyclic) bond motifs is 4. The molecule has 0 aromatic heterocycles. The third-order valence-corrected chi connectivity index (χ3v) is 11.7. The molecule has 2 nitrogen and oxygen atoms in total. The van der Waals surface area contributed by atoms with E-state index in [0.717, 1.165) is 16.7 Å². The molecular weight excluding hydrogens is 557 g/mol. The van der Waals surface area contributed by atoms with Gasteiger partial charge in [0.2, 0.25) is 0 Å². The Morgan fingerprint density at radius 2 is 1.08 bits per heavy atom. The molecule has 0 fully saturated rings. The number of hydrogen-bond acceptors (Lipinski definition) is 6. The fourth-order valence-corrected chi connectivity index (χ4v) is 9.48. The molecule has 0 unspecified atom stereocenters. The van der Waals surface area contributed by atoms with Crippen LogP contribution in [0.3, 0.4) is 0 Å². The lowest BCUT2D eigenvalue weighted by Gasteiger charge is -2.23. The molecule has 0 atom stereocenters. The summed E-state index contributed by atoms with van der Waals surface area (Å²) in [6, 6.07) is 36.0. The average molecular weight is 577 g/mol. The van der Waals surface area contributed by atoms with Gasteiger partial charge in [0.05, 0.1) is 0 Å². The molecule has 39 heavy (non-hydrogen) atoms. The summed E-state index contributed by atoms with van der Waals surface area (Å²) >= 11 is 7.17. The summed E-state index contributed by atoms with van der Waals surface area (Å²) in [6.45, 7) is 3.60. The van der Waals surface area contributed by atoms with Crippen LogP contribution in [0.1, 0.15) is 0 Å². The molecule has 5 aromatic rings. The van der Waals surface area contributed by atoms with Crippen LogP contribution in [-0.2, 0) is 4.79 Å². The summed E-state index contributed by atoms with van der Waals surface area (Å²) in [5.41, 5.74) is 4.18. The zero-order valence-corrected chi connectivity index (χ0v) is 23.8. The summed E-state index contributed by atoms with van der Waals surface area (Å²) in [5, 5.41) is 0. The minimum absolute atomic E-state index is 0.471. The molecule has 188 valence electrons. The highest BCUT2D eigenvalue weighted by Gasteiger charge is 2.24. The number of benzene rings is 5. The van der Waals surface area contributed by atoms with Crippen LogP contribution in [0.15, 0.2) is 155 Å². The molecule has 2 aliphatic heterocycles. The number of carbonyl (C=O) groups excluding carboxylic acids is 1. The number of hydrogen-bond donors (Lipinski definition) is 0. The maximum absolute atomic E-state index is 12.3. The molecule has 0 radical (unpaired) electrons. The van der Waals surface area contributed by atoms with Gasteiger partial charge in [-0.1, -0.05) is 108 Å². The van der Waals surface area contributed by atoms with Gasteiger partial charge in [-0.15, -0.1) is 0 Å². The molecule has 7 rings (SSSR count). The van der Waals surface area contributed by atoms with Crippen molar-refractivity contribution in [1.82, 2.24) is 0 Å². The summed E-state index contributed by atoms with van der Waals surface area (Å²) in [5.74, 6) is 0.0560. The summed E-state index contributed by atoms with van der Waals surface area (Å²) in [7, 11) is 0. The lowest BCUT2D eigenvalue weighted by atomic mass is 9.98. The molecule has 0 amide bonds. The predicted octanol–water partition coefficient (Wildman–Crippen LogP) is 10.3. The standard InChI is InChI=1S/C33H20O2S4/c1-2-31(34)35-24-18-17-20(21-9-7-15-29-32(21)38-27-13-5-3-11-25(27)36-29)19-23(24)22-10-8-16-30-33(22)39-28-14-6-4-12-26(28)37-30/h2-19H,1H2. The molecule has 6 heteroatoms. The van der Waals surface area contributed by atoms with E-state index < -0.39 is 5.97 Å². The minimum atomic E-state index is -0.471. The van der Waals surface area contributed by atoms with E-state index in [2.05, 4.69) is 97.6 Å². The van der Waals surface area contributed by atoms with Crippen molar-refractivity contribution in [3.8, 4) is 28.0 Å². The van der Waals surface area contributed by atoms with Gasteiger partial charge in [-0.3, -0.25) is 0 Å². The van der Waals surface area contributed by atoms with Crippen molar-refractivity contribution in [3.63, 3.8) is 0 Å². The van der Waals surface area contributed by atoms with Crippen LogP contribution in [0, 0.1) is 0 Å². The largest absolute Gasteiger partial charge is 0.423 e. The quantitative estimate of drug-likeness (QED) is 0.117. The van der Waals surface area contributed by atoms with Gasteiger partial charge in [-0.2, -0.15) is 0 Å². The Bertz CT molecular complexity index is 1790. The van der Waals surface area contributed by atoms with Crippen molar-refractivity contribution >= 4 is 53.0 Å². The van der Waals surface area contributed by atoms with Gasteiger partial charge < -0.3 is 4.74 Å². The van der Waals surface area contributed by atoms with E-state index in [4.69, 9.17) is 4.74 Å². The molecular formula is C33H20O2S4. The van der Waals surface area contributed by atoms with Crippen molar-refractivity contribution in [2.75, 3.05) is 0 Å². The van der Waals surface area contributed by atoms with Crippen molar-refractivity contribution in [3.05, 3.63) is 116 Å². The SMILES string of the molecule is C=CC(=O)Oc1ccc(-c2cccc3c2Sc2ccccc2S3)cc1-c1cccc2c1Sc1ccccc1S2. The lowest BCUT2D eigenvalue weighted by molar-refractivity contribution is -0.128. The fraction of sp³-hybridized carbons (Fsp3) is 0. The number of rotatable bonds is 4. The highest BCUT2D eigenvalue weighted by Crippen LogP contribution is 2.54. The van der Waals surface area contributed by atoms with Crippen LogP contribution in [0.2, 0.25) is 0 Å². The van der Waals surface area contributed by atoms with Crippen molar-refractivity contribution in [2.45, 2.75) is 39.2 Å². The first-order valence-electron chi connectivity index (χ1n) is 12.3. The zero-order valence-electron chi connectivity index (χ0n) is 20.5. The highest BCUT2D eigenvalue weighted by atomic mass is 32.2. The van der Waals surface area contributed by atoms with E-state index in [9.17, 15) is 4.79 Å². The zero-order chi connectivity index (χ0) is 26.3. The van der Waals surface area contributed by atoms with Crippen molar-refractivity contribution in [2.24, 2.45) is 0 Å². The molecule has 0 bridgehead atoms. The topological polar surface area (TPSA) is 26.3 Å². The molecule has 5 aromatic carbocycles. The molecule has 0 saturated carbocycles. The Morgan fingerprint density at radius 1 is 0.564 bits per heavy atom. The Kier molecular flexibility index (Phi) is 6.57. The second-order valence-electron chi connectivity index (χ2n) is 8.90. The summed E-state index contributed by atoms with van der Waals surface area (Å²) in [6.07, 6.45) is 1.21. The van der Waals surface area contributed by atoms with E-state index in [1.807, 2.05) is 35.7 Å². The van der Waals surface area contributed by atoms with E-state index in [1.54, 1.807) is 23.5 Å². The number of esters is 1. The molecule has 2 heterocycles. The normalized spacial score (nSPS) is 12.9. The fourth-order valence-electron chi connectivity index (χ4n) is 4.68. The molecule has 0 saturated heterocycles. The highest BCUT2D eigenvalue weighted by molar-refractivity contribution is 8.05. The predicted molar refractivity (Wildman–Crippen MR) is 163 cm³/mol. The smallest absolute Gasteiger partial charge is 0.335 e. The Hall–Kier alpha value is -3.29. The second-order valence-corrected chi connectivity index (χ2v) is 13.2. The average Bonchev–Trinajstić information content (AvgIpc) is 2.98. The van der Waals surface area contributed by atoms with Crippen LogP contribution in [0.4, 0.5) is 0 Å². The van der Waals surface area contributed by atoms with Gasteiger partial charge >= 0.3 is 5.97 Å². The first kappa shape index (κ1) is 24.7. The molecule has 0 aliphatic carbocycles. The van der Waals surface area contributed by atoms with Gasteiger partial charge in [-0.05, 0) is 59.7 Å². The second kappa shape index (κ2) is 10.4. The summed E-state index contributed by atoms with van der Waals surface area (Å²) < 4.78 is 5.78. The number of ether oxygens (including phenoxy) is 1. The van der Waals surface area contributed by atoms with E-state index in [-0.39, 0.29) is 0 Å². The van der Waals surface area contributed by atoms with Gasteiger partial charge in [0.25, 0.3) is 0 Å². The van der Waals surface area contributed by atoms with Crippen LogP contribution in [0.5, 0.6) is 5.75 Å². The Labute approximate surface area is 244 Å². The molecule has 0 N–H and O–H groups in total. The van der Waals surface area contributed by atoms with Crippen molar-refractivity contribution in [1.29, 1.82) is 0 Å². The monoisotopic (exact) mass is 576 g/mol. The Balaban J connectivity index is 1.37. The maximum atomic E-state index is 12.3. The van der Waals surface area contributed by atoms with E-state index >= 15 is 0 Å². The lowest BCUT2D eigenvalue weighted by Crippen LogP contribution is -2.05. The van der Waals surface area contributed by atoms with Gasteiger partial charge in [0, 0.05) is 56.4 Å². The molecule has 2 aliphatic rings. The third-order valence-electron chi connectivity index (χ3n) is 6.48. The third kappa shape index (κ3) is 4.61. The summed E-state index contributed by atoms with van der Waals surface area (Å²) in [4.78, 5) is 22.2. The maximum Gasteiger partial charge on any atom is 0.335 e. The first-order valence-corrected chi connectivity index (χ1v) is 15.6. The van der Waals surface area contributed by atoms with E-state index in [1.165, 1.54) is 50.8 Å². The van der Waals surface area contributed by atoms with Gasteiger partial charge in [0.15, 0.2) is 0 Å². The molecule has 0 spiro atoms. The minimum Gasteiger partial charge on any atom is -0.423 e. The van der Waals surface area contributed by atoms with Crippen molar-refractivity contribution < 1.29 is 9.53 Å². The van der Waals surface area contributed by atoms with E-state index in [0.29, 0.717) is 5.75 Å². The van der Waals surface area contributed by atoms with Crippen LogP contribution in [-0.4, -0.2) is 5.97 Å². The van der Waals surface area contributed by atoms with Crippen LogP contribution < -0.4 is 4.74 Å². The first-order chi connectivity index (χ1) is 19.2. The Morgan fingerprint density at radius 3 is 1.67 bits per heavy atom. The van der Waals surface area contributed by atoms with Crippen LogP contribution in [0.25, 0.3) is 22.3 Å².